The summed E-state index contributed by atoms with van der Waals surface area (Å²) in [6, 6.07) is 4.69. The molecule has 0 aliphatic carbocycles. The summed E-state index contributed by atoms with van der Waals surface area (Å²) in [5, 5.41) is 0. The number of benzene rings is 1. The van der Waals surface area contributed by atoms with Gasteiger partial charge in [0.15, 0.2) is 0 Å². The molecule has 0 radical (unpaired) electrons. The topological polar surface area (TPSA) is 26.0 Å². The molecule has 0 unspecified atom stereocenters. The van der Waals surface area contributed by atoms with Gasteiger partial charge in [-0.1, -0.05) is 28.1 Å². The largest absolute Gasteiger partial charge is 0.325 e. The van der Waals surface area contributed by atoms with Crippen molar-refractivity contribution in [2.75, 3.05) is 6.54 Å². The van der Waals surface area contributed by atoms with E-state index in [2.05, 4.69) is 15.9 Å². The predicted molar refractivity (Wildman–Crippen MR) is 51.8 cm³/mol. The van der Waals surface area contributed by atoms with E-state index < -0.39 is 12.5 Å². The smallest absolute Gasteiger partial charge is 0.286 e. The lowest BCUT2D eigenvalue weighted by Gasteiger charge is -2.15. The van der Waals surface area contributed by atoms with Crippen molar-refractivity contribution < 1.29 is 8.78 Å². The van der Waals surface area contributed by atoms with Gasteiger partial charge in [-0.25, -0.2) is 0 Å². The minimum atomic E-state index is -2.95. The van der Waals surface area contributed by atoms with Gasteiger partial charge in [-0.15, -0.1) is 0 Å². The van der Waals surface area contributed by atoms with E-state index in [-0.39, 0.29) is 5.56 Å². The Morgan fingerprint density at radius 1 is 1.46 bits per heavy atom. The van der Waals surface area contributed by atoms with Crippen LogP contribution in [0.1, 0.15) is 11.1 Å². The van der Waals surface area contributed by atoms with Gasteiger partial charge in [0.1, 0.15) is 0 Å². The molecule has 0 amide bonds. The first kappa shape index (κ1) is 10.6. The van der Waals surface area contributed by atoms with Gasteiger partial charge in [0.05, 0.1) is 6.54 Å². The minimum Gasteiger partial charge on any atom is -0.325 e. The molecule has 0 aromatic heterocycles. The normalized spacial score (nSPS) is 11.8. The van der Waals surface area contributed by atoms with Crippen LogP contribution in [0.4, 0.5) is 8.78 Å². The molecule has 0 bridgehead atoms. The highest BCUT2D eigenvalue weighted by Gasteiger charge is 2.31. The Morgan fingerprint density at radius 2 is 2.08 bits per heavy atom. The molecule has 0 aliphatic heterocycles. The van der Waals surface area contributed by atoms with E-state index in [0.29, 0.717) is 4.47 Å². The Balaban J connectivity index is 3.16. The zero-order valence-corrected chi connectivity index (χ0v) is 8.74. The fraction of sp³-hybridized carbons (Fsp3) is 0.333. The van der Waals surface area contributed by atoms with Crippen LogP contribution in [0, 0.1) is 6.92 Å². The van der Waals surface area contributed by atoms with Crippen LogP contribution < -0.4 is 5.73 Å². The first-order valence-electron chi connectivity index (χ1n) is 3.82. The van der Waals surface area contributed by atoms with E-state index in [4.69, 9.17) is 5.73 Å². The van der Waals surface area contributed by atoms with Crippen molar-refractivity contribution in [3.8, 4) is 0 Å². The fourth-order valence-electron chi connectivity index (χ4n) is 1.03. The molecule has 13 heavy (non-hydrogen) atoms. The molecule has 1 aromatic carbocycles. The first-order valence-corrected chi connectivity index (χ1v) is 4.61. The number of rotatable bonds is 2. The fourth-order valence-corrected chi connectivity index (χ4v) is 1.81. The van der Waals surface area contributed by atoms with Gasteiger partial charge in [0.25, 0.3) is 5.92 Å². The second-order valence-corrected chi connectivity index (χ2v) is 3.75. The minimum absolute atomic E-state index is 0.0550. The van der Waals surface area contributed by atoms with Gasteiger partial charge < -0.3 is 5.73 Å². The highest BCUT2D eigenvalue weighted by atomic mass is 79.9. The Labute approximate surface area is 84.1 Å². The van der Waals surface area contributed by atoms with Crippen molar-refractivity contribution in [3.05, 3.63) is 33.8 Å². The number of hydrogen-bond acceptors (Lipinski definition) is 1. The highest BCUT2D eigenvalue weighted by Crippen LogP contribution is 2.32. The third-order valence-electron chi connectivity index (χ3n) is 1.78. The average Bonchev–Trinajstić information content (AvgIpc) is 2.03. The summed E-state index contributed by atoms with van der Waals surface area (Å²) in [5.41, 5.74) is 5.85. The molecule has 0 fully saturated rings. The number of nitrogens with two attached hydrogens (primary N) is 1. The van der Waals surface area contributed by atoms with Crippen LogP contribution in [-0.2, 0) is 5.92 Å². The van der Waals surface area contributed by atoms with E-state index >= 15 is 0 Å². The number of aryl methyl sites for hydroxylation is 1. The monoisotopic (exact) mass is 249 g/mol. The van der Waals surface area contributed by atoms with E-state index in [1.54, 1.807) is 12.1 Å². The SMILES string of the molecule is Cc1ccc(C(F)(F)CN)c(Br)c1. The lowest BCUT2D eigenvalue weighted by Crippen LogP contribution is -2.25. The summed E-state index contributed by atoms with van der Waals surface area (Å²) in [7, 11) is 0. The Kier molecular flexibility index (Phi) is 3.03. The van der Waals surface area contributed by atoms with Crippen LogP contribution in [0.2, 0.25) is 0 Å². The van der Waals surface area contributed by atoms with Crippen LogP contribution in [0.3, 0.4) is 0 Å². The molecule has 1 rings (SSSR count). The molecule has 72 valence electrons. The van der Waals surface area contributed by atoms with Gasteiger partial charge >= 0.3 is 0 Å². The van der Waals surface area contributed by atoms with E-state index in [1.165, 1.54) is 6.07 Å². The maximum atomic E-state index is 13.1. The molecule has 2 N–H and O–H groups in total. The number of hydrogen-bond donors (Lipinski definition) is 1. The molecule has 0 aliphatic rings. The van der Waals surface area contributed by atoms with E-state index in [9.17, 15) is 8.78 Å². The molecule has 0 saturated carbocycles. The number of alkyl halides is 2. The highest BCUT2D eigenvalue weighted by molar-refractivity contribution is 9.10. The second-order valence-electron chi connectivity index (χ2n) is 2.89. The van der Waals surface area contributed by atoms with Crippen LogP contribution in [0.15, 0.2) is 22.7 Å². The maximum Gasteiger partial charge on any atom is 0.286 e. The predicted octanol–water partition coefficient (Wildman–Crippen LogP) is 2.81. The third kappa shape index (κ3) is 2.25. The maximum absolute atomic E-state index is 13.1. The summed E-state index contributed by atoms with van der Waals surface area (Å²) < 4.78 is 26.7. The van der Waals surface area contributed by atoms with Crippen molar-refractivity contribution in [1.29, 1.82) is 0 Å². The first-order chi connectivity index (χ1) is 5.97. The molecule has 4 heteroatoms. The van der Waals surface area contributed by atoms with Gasteiger partial charge in [-0.3, -0.25) is 0 Å². The Morgan fingerprint density at radius 3 is 2.54 bits per heavy atom. The molecule has 0 atom stereocenters. The summed E-state index contributed by atoms with van der Waals surface area (Å²) in [6.45, 7) is 1.17. The van der Waals surface area contributed by atoms with Gasteiger partial charge in [-0.2, -0.15) is 8.78 Å². The third-order valence-corrected chi connectivity index (χ3v) is 2.43. The summed E-state index contributed by atoms with van der Waals surface area (Å²) in [5.74, 6) is -2.95. The van der Waals surface area contributed by atoms with E-state index in [1.807, 2.05) is 6.92 Å². The zero-order valence-electron chi connectivity index (χ0n) is 7.15. The summed E-state index contributed by atoms with van der Waals surface area (Å²) >= 11 is 3.09. The quantitative estimate of drug-likeness (QED) is 0.858. The zero-order chi connectivity index (χ0) is 10.1. The lowest BCUT2D eigenvalue weighted by molar-refractivity contribution is 0.00520. The molecular weight excluding hydrogens is 240 g/mol. The summed E-state index contributed by atoms with van der Waals surface area (Å²) in [4.78, 5) is 0. The van der Waals surface area contributed by atoms with E-state index in [0.717, 1.165) is 5.56 Å². The summed E-state index contributed by atoms with van der Waals surface area (Å²) in [6.07, 6.45) is 0. The molecule has 0 saturated heterocycles. The Bertz CT molecular complexity index is 312. The van der Waals surface area contributed by atoms with Gasteiger partial charge in [0, 0.05) is 10.0 Å². The standard InChI is InChI=1S/C9H10BrF2N/c1-6-2-3-7(8(10)4-6)9(11,12)5-13/h2-4H,5,13H2,1H3. The molecular formula is C9H10BrF2N. The van der Waals surface area contributed by atoms with Gasteiger partial charge in [0.2, 0.25) is 0 Å². The average molecular weight is 250 g/mol. The van der Waals surface area contributed by atoms with Gasteiger partial charge in [-0.05, 0) is 18.6 Å². The second kappa shape index (κ2) is 3.72. The molecule has 0 heterocycles. The van der Waals surface area contributed by atoms with Crippen molar-refractivity contribution in [2.45, 2.75) is 12.8 Å². The van der Waals surface area contributed by atoms with Crippen LogP contribution in [0.25, 0.3) is 0 Å². The van der Waals surface area contributed by atoms with Crippen LogP contribution in [-0.4, -0.2) is 6.54 Å². The Hall–Kier alpha value is -0.480. The lowest BCUT2D eigenvalue weighted by atomic mass is 10.1. The van der Waals surface area contributed by atoms with Crippen molar-refractivity contribution in [2.24, 2.45) is 5.73 Å². The molecule has 1 nitrogen and oxygen atoms in total. The van der Waals surface area contributed by atoms with Crippen molar-refractivity contribution in [1.82, 2.24) is 0 Å². The van der Waals surface area contributed by atoms with Crippen molar-refractivity contribution >= 4 is 15.9 Å². The molecule has 1 aromatic rings. The van der Waals surface area contributed by atoms with Crippen LogP contribution in [0.5, 0.6) is 0 Å². The van der Waals surface area contributed by atoms with Crippen molar-refractivity contribution in [3.63, 3.8) is 0 Å². The number of halogens is 3. The molecule has 0 spiro atoms. The van der Waals surface area contributed by atoms with Crippen LogP contribution >= 0.6 is 15.9 Å².